The summed E-state index contributed by atoms with van der Waals surface area (Å²) in [7, 11) is -3.96. The quantitative estimate of drug-likeness (QED) is 0.531. The highest BCUT2D eigenvalue weighted by Crippen LogP contribution is 2.23. The van der Waals surface area contributed by atoms with Gasteiger partial charge in [0.25, 0.3) is 0 Å². The predicted octanol–water partition coefficient (Wildman–Crippen LogP) is 2.46. The number of carbonyl (C=O) groups excluding carboxylic acids is 2. The number of nitrogens with one attached hydrogen (secondary N) is 2. The number of amides is 2. The van der Waals surface area contributed by atoms with Gasteiger partial charge >= 0.3 is 0 Å². The van der Waals surface area contributed by atoms with Gasteiger partial charge in [0.05, 0.1) is 17.5 Å². The molecule has 1 saturated heterocycles. The molecule has 2 atom stereocenters. The molecule has 1 fully saturated rings. The van der Waals surface area contributed by atoms with Crippen molar-refractivity contribution < 1.29 is 27.1 Å². The fourth-order valence-electron chi connectivity index (χ4n) is 3.85. The number of benzene rings is 2. The lowest BCUT2D eigenvalue weighted by atomic mass is 10.00. The van der Waals surface area contributed by atoms with E-state index in [-0.39, 0.29) is 22.6 Å². The van der Waals surface area contributed by atoms with Gasteiger partial charge in [0.1, 0.15) is 11.9 Å². The number of halogens is 1. The minimum Gasteiger partial charge on any atom is -0.376 e. The number of hydrogen-bond acceptors (Lipinski definition) is 5. The first-order valence-corrected chi connectivity index (χ1v) is 12.7. The zero-order chi connectivity index (χ0) is 24.7. The maximum Gasteiger partial charge on any atom is 0.243 e. The third-order valence-corrected chi connectivity index (χ3v) is 6.95. The van der Waals surface area contributed by atoms with Crippen molar-refractivity contribution >= 4 is 27.5 Å². The SMILES string of the molecule is CC(C)[C@H](C(=O)NC[C@H]1CCCO1)N(C(=O)CNS(=O)(=O)c1ccccc1)c1cccc(F)c1. The molecule has 8 nitrogen and oxygen atoms in total. The predicted molar refractivity (Wildman–Crippen MR) is 126 cm³/mol. The number of nitrogens with zero attached hydrogens (tertiary/aromatic N) is 1. The van der Waals surface area contributed by atoms with Gasteiger partial charge in [-0.2, -0.15) is 0 Å². The molecule has 1 aliphatic rings. The molecule has 1 heterocycles. The van der Waals surface area contributed by atoms with Gasteiger partial charge in [-0.25, -0.2) is 17.5 Å². The van der Waals surface area contributed by atoms with E-state index in [4.69, 9.17) is 4.74 Å². The van der Waals surface area contributed by atoms with Crippen LogP contribution in [-0.4, -0.2) is 52.1 Å². The smallest absolute Gasteiger partial charge is 0.243 e. The molecule has 2 aromatic carbocycles. The Morgan fingerprint density at radius 3 is 2.50 bits per heavy atom. The van der Waals surface area contributed by atoms with Crippen LogP contribution in [0.15, 0.2) is 59.5 Å². The molecule has 3 rings (SSSR count). The van der Waals surface area contributed by atoms with Gasteiger partial charge in [-0.3, -0.25) is 14.5 Å². The average Bonchev–Trinajstić information content (AvgIpc) is 3.33. The molecule has 0 aliphatic carbocycles. The van der Waals surface area contributed by atoms with E-state index < -0.39 is 40.2 Å². The van der Waals surface area contributed by atoms with Crippen LogP contribution in [0.4, 0.5) is 10.1 Å². The first kappa shape index (κ1) is 25.8. The van der Waals surface area contributed by atoms with Crippen LogP contribution in [0, 0.1) is 11.7 Å². The minimum atomic E-state index is -3.96. The molecule has 0 radical (unpaired) electrons. The molecule has 10 heteroatoms. The molecule has 34 heavy (non-hydrogen) atoms. The van der Waals surface area contributed by atoms with Gasteiger partial charge in [-0.15, -0.1) is 0 Å². The van der Waals surface area contributed by atoms with Crippen molar-refractivity contribution in [3.05, 3.63) is 60.4 Å². The fraction of sp³-hybridized carbons (Fsp3) is 0.417. The molecule has 0 bridgehead atoms. The Morgan fingerprint density at radius 2 is 1.88 bits per heavy atom. The number of hydrogen-bond donors (Lipinski definition) is 2. The lowest BCUT2D eigenvalue weighted by Gasteiger charge is -2.34. The van der Waals surface area contributed by atoms with Crippen molar-refractivity contribution in [1.82, 2.24) is 10.0 Å². The van der Waals surface area contributed by atoms with Crippen molar-refractivity contribution in [2.24, 2.45) is 5.92 Å². The van der Waals surface area contributed by atoms with Crippen molar-refractivity contribution in [2.45, 2.75) is 43.7 Å². The highest BCUT2D eigenvalue weighted by molar-refractivity contribution is 7.89. The molecule has 0 aromatic heterocycles. The summed E-state index contributed by atoms with van der Waals surface area (Å²) >= 11 is 0. The summed E-state index contributed by atoms with van der Waals surface area (Å²) in [6.07, 6.45) is 1.66. The van der Waals surface area contributed by atoms with Gasteiger partial charge in [-0.05, 0) is 49.1 Å². The standard InChI is InChI=1S/C24H30FN3O5S/c1-17(2)23(24(30)26-15-20-10-7-13-33-20)28(19-9-6-8-18(25)14-19)22(29)16-27-34(31,32)21-11-4-3-5-12-21/h3-6,8-9,11-12,14,17,20,23,27H,7,10,13,15-16H2,1-2H3,(H,26,30)/t20-,23-/m1/s1. The van der Waals surface area contributed by atoms with E-state index in [0.717, 1.165) is 23.8 Å². The van der Waals surface area contributed by atoms with Crippen molar-refractivity contribution in [2.75, 3.05) is 24.6 Å². The summed E-state index contributed by atoms with van der Waals surface area (Å²) in [6.45, 7) is 3.88. The van der Waals surface area contributed by atoms with E-state index in [2.05, 4.69) is 10.0 Å². The Kier molecular flexibility index (Phi) is 8.76. The monoisotopic (exact) mass is 491 g/mol. The summed E-state index contributed by atoms with van der Waals surface area (Å²) in [5.41, 5.74) is 0.162. The third-order valence-electron chi connectivity index (χ3n) is 5.53. The lowest BCUT2D eigenvalue weighted by Crippen LogP contribution is -2.55. The maximum atomic E-state index is 14.0. The van der Waals surface area contributed by atoms with Crippen LogP contribution >= 0.6 is 0 Å². The van der Waals surface area contributed by atoms with Crippen molar-refractivity contribution in [3.8, 4) is 0 Å². The number of sulfonamides is 1. The van der Waals surface area contributed by atoms with Crippen LogP contribution < -0.4 is 14.9 Å². The minimum absolute atomic E-state index is 0.00909. The van der Waals surface area contributed by atoms with E-state index in [1.165, 1.54) is 30.3 Å². The Hall–Kier alpha value is -2.82. The number of anilines is 1. The summed E-state index contributed by atoms with van der Waals surface area (Å²) in [6, 6.07) is 12.0. The van der Waals surface area contributed by atoms with Crippen LogP contribution in [0.5, 0.6) is 0 Å². The van der Waals surface area contributed by atoms with E-state index in [0.29, 0.717) is 13.2 Å². The molecule has 0 unspecified atom stereocenters. The van der Waals surface area contributed by atoms with Crippen LogP contribution in [-0.2, 0) is 24.3 Å². The second-order valence-electron chi connectivity index (χ2n) is 8.45. The topological polar surface area (TPSA) is 105 Å². The summed E-state index contributed by atoms with van der Waals surface area (Å²) < 4.78 is 47.1. The molecule has 2 N–H and O–H groups in total. The van der Waals surface area contributed by atoms with Crippen LogP contribution in [0.3, 0.4) is 0 Å². The molecule has 184 valence electrons. The molecule has 2 aromatic rings. The van der Waals surface area contributed by atoms with Crippen molar-refractivity contribution in [1.29, 1.82) is 0 Å². The Bertz CT molecular complexity index is 1090. The molecule has 1 aliphatic heterocycles. The highest BCUT2D eigenvalue weighted by atomic mass is 32.2. The van der Waals surface area contributed by atoms with Crippen molar-refractivity contribution in [3.63, 3.8) is 0 Å². The van der Waals surface area contributed by atoms with Gasteiger partial charge in [0.15, 0.2) is 0 Å². The zero-order valence-corrected chi connectivity index (χ0v) is 20.1. The number of carbonyl (C=O) groups is 2. The van der Waals surface area contributed by atoms with E-state index >= 15 is 0 Å². The van der Waals surface area contributed by atoms with E-state index in [1.54, 1.807) is 32.0 Å². The van der Waals surface area contributed by atoms with Gasteiger partial charge < -0.3 is 10.1 Å². The number of ether oxygens (including phenoxy) is 1. The summed E-state index contributed by atoms with van der Waals surface area (Å²) in [5.74, 6) is -2.03. The average molecular weight is 492 g/mol. The Morgan fingerprint density at radius 1 is 1.15 bits per heavy atom. The molecular formula is C24H30FN3O5S. The summed E-state index contributed by atoms with van der Waals surface area (Å²) in [4.78, 5) is 27.7. The first-order valence-electron chi connectivity index (χ1n) is 11.2. The Labute approximate surface area is 199 Å². The normalized spacial score (nSPS) is 16.9. The molecule has 0 saturated carbocycles. The molecule has 0 spiro atoms. The van der Waals surface area contributed by atoms with Crippen LogP contribution in [0.2, 0.25) is 0 Å². The zero-order valence-electron chi connectivity index (χ0n) is 19.2. The van der Waals surface area contributed by atoms with Crippen LogP contribution in [0.25, 0.3) is 0 Å². The van der Waals surface area contributed by atoms with E-state index in [1.807, 2.05) is 0 Å². The molecule has 2 amide bonds. The largest absolute Gasteiger partial charge is 0.376 e. The van der Waals surface area contributed by atoms with Gasteiger partial charge in [-0.1, -0.05) is 38.1 Å². The lowest BCUT2D eigenvalue weighted by molar-refractivity contribution is -0.127. The maximum absolute atomic E-state index is 14.0. The highest BCUT2D eigenvalue weighted by Gasteiger charge is 2.34. The third kappa shape index (κ3) is 6.62. The second kappa shape index (κ2) is 11.5. The Balaban J connectivity index is 1.84. The van der Waals surface area contributed by atoms with Gasteiger partial charge in [0.2, 0.25) is 21.8 Å². The fourth-order valence-corrected chi connectivity index (χ4v) is 4.85. The number of rotatable bonds is 10. The van der Waals surface area contributed by atoms with Crippen LogP contribution in [0.1, 0.15) is 26.7 Å². The summed E-state index contributed by atoms with van der Waals surface area (Å²) in [5, 5.41) is 2.83. The van der Waals surface area contributed by atoms with E-state index in [9.17, 15) is 22.4 Å². The molecular weight excluding hydrogens is 461 g/mol. The second-order valence-corrected chi connectivity index (χ2v) is 10.2. The van der Waals surface area contributed by atoms with Gasteiger partial charge in [0, 0.05) is 18.8 Å². The first-order chi connectivity index (χ1) is 16.2.